The fourth-order valence-electron chi connectivity index (χ4n) is 4.98. The SMILES string of the molecule is NC(CCCCB(O)O)(C(=O)O)C1CC(NCC2CCN(c3ccc(C(=O)O)cc3)CC2)C1. The number of rotatable bonds is 12. The van der Waals surface area contributed by atoms with E-state index in [1.807, 2.05) is 12.1 Å². The van der Waals surface area contributed by atoms with Crippen LogP contribution < -0.4 is 16.0 Å². The summed E-state index contributed by atoms with van der Waals surface area (Å²) in [7, 11) is -1.36. The molecule has 9 nitrogen and oxygen atoms in total. The van der Waals surface area contributed by atoms with Crippen molar-refractivity contribution in [2.75, 3.05) is 24.5 Å². The van der Waals surface area contributed by atoms with Crippen LogP contribution in [0.15, 0.2) is 24.3 Å². The predicted molar refractivity (Wildman–Crippen MR) is 126 cm³/mol. The summed E-state index contributed by atoms with van der Waals surface area (Å²) in [6.45, 7) is 2.77. The molecular formula is C23H36BN3O6. The van der Waals surface area contributed by atoms with E-state index in [1.54, 1.807) is 12.1 Å². The Morgan fingerprint density at radius 3 is 2.27 bits per heavy atom. The second-order valence-corrected chi connectivity index (χ2v) is 9.63. The molecule has 10 heteroatoms. The Morgan fingerprint density at radius 1 is 1.09 bits per heavy atom. The number of anilines is 1. The van der Waals surface area contributed by atoms with E-state index in [9.17, 15) is 14.7 Å². The van der Waals surface area contributed by atoms with Crippen molar-refractivity contribution >= 4 is 24.7 Å². The molecule has 0 aromatic heterocycles. The number of benzene rings is 1. The molecule has 0 bridgehead atoms. The van der Waals surface area contributed by atoms with Crippen molar-refractivity contribution in [2.24, 2.45) is 17.6 Å². The number of nitrogens with one attached hydrogen (secondary N) is 1. The number of aliphatic carboxylic acids is 1. The van der Waals surface area contributed by atoms with Gasteiger partial charge in [-0.3, -0.25) is 4.79 Å². The first-order chi connectivity index (χ1) is 15.7. The summed E-state index contributed by atoms with van der Waals surface area (Å²) in [5.41, 5.74) is 6.37. The van der Waals surface area contributed by atoms with Crippen LogP contribution in [0.25, 0.3) is 0 Å². The third-order valence-corrected chi connectivity index (χ3v) is 7.36. The highest BCUT2D eigenvalue weighted by molar-refractivity contribution is 6.40. The average molecular weight is 461 g/mol. The molecule has 2 fully saturated rings. The Bertz CT molecular complexity index is 794. The summed E-state index contributed by atoms with van der Waals surface area (Å²) < 4.78 is 0. The lowest BCUT2D eigenvalue weighted by Gasteiger charge is -2.45. The molecular weight excluding hydrogens is 425 g/mol. The number of unbranched alkanes of at least 4 members (excludes halogenated alkanes) is 1. The molecule has 1 saturated heterocycles. The van der Waals surface area contributed by atoms with E-state index in [-0.39, 0.29) is 18.3 Å². The van der Waals surface area contributed by atoms with Crippen LogP contribution in [-0.4, -0.2) is 70.5 Å². The maximum absolute atomic E-state index is 11.8. The van der Waals surface area contributed by atoms with Crippen molar-refractivity contribution in [3.05, 3.63) is 29.8 Å². The highest BCUT2D eigenvalue weighted by Gasteiger charge is 2.48. The fourth-order valence-corrected chi connectivity index (χ4v) is 4.98. The molecule has 0 amide bonds. The lowest BCUT2D eigenvalue weighted by atomic mass is 9.66. The van der Waals surface area contributed by atoms with Crippen molar-refractivity contribution < 1.29 is 29.9 Å². The minimum absolute atomic E-state index is 0.0674. The average Bonchev–Trinajstić information content (AvgIpc) is 2.76. The van der Waals surface area contributed by atoms with Gasteiger partial charge in [0.15, 0.2) is 0 Å². The normalized spacial score (nSPS) is 22.9. The Morgan fingerprint density at radius 2 is 1.73 bits per heavy atom. The molecule has 1 aromatic rings. The minimum Gasteiger partial charge on any atom is -0.480 e. The number of nitrogens with two attached hydrogens (primary N) is 1. The zero-order valence-corrected chi connectivity index (χ0v) is 19.0. The van der Waals surface area contributed by atoms with Gasteiger partial charge in [0.1, 0.15) is 5.54 Å². The highest BCUT2D eigenvalue weighted by atomic mass is 16.4. The molecule has 1 atom stereocenters. The molecule has 1 aliphatic heterocycles. The second-order valence-electron chi connectivity index (χ2n) is 9.63. The number of hydrogen-bond donors (Lipinski definition) is 6. The Kier molecular flexibility index (Phi) is 8.75. The van der Waals surface area contributed by atoms with Crippen LogP contribution >= 0.6 is 0 Å². The molecule has 1 saturated carbocycles. The zero-order valence-electron chi connectivity index (χ0n) is 19.0. The van der Waals surface area contributed by atoms with Gasteiger partial charge in [-0.05, 0) is 81.1 Å². The Labute approximate surface area is 195 Å². The summed E-state index contributed by atoms with van der Waals surface area (Å²) in [4.78, 5) is 25.1. The van der Waals surface area contributed by atoms with E-state index in [4.69, 9.17) is 20.9 Å². The van der Waals surface area contributed by atoms with Crippen LogP contribution in [0.5, 0.6) is 0 Å². The van der Waals surface area contributed by atoms with Crippen LogP contribution in [0.4, 0.5) is 5.69 Å². The molecule has 1 heterocycles. The highest BCUT2D eigenvalue weighted by Crippen LogP contribution is 2.38. The molecule has 2 aliphatic rings. The van der Waals surface area contributed by atoms with Crippen molar-refractivity contribution in [1.29, 1.82) is 0 Å². The number of aromatic carboxylic acids is 1. The Balaban J connectivity index is 1.36. The molecule has 3 rings (SSSR count). The lowest BCUT2D eigenvalue weighted by Crippen LogP contribution is -2.61. The first kappa shape index (κ1) is 25.5. The van der Waals surface area contributed by atoms with Gasteiger partial charge in [-0.25, -0.2) is 4.79 Å². The van der Waals surface area contributed by atoms with Gasteiger partial charge in [0, 0.05) is 24.8 Å². The summed E-state index contributed by atoms with van der Waals surface area (Å²) in [6, 6.07) is 7.30. The molecule has 1 aromatic carbocycles. The lowest BCUT2D eigenvalue weighted by molar-refractivity contribution is -0.148. The molecule has 0 radical (unpaired) electrons. The molecule has 33 heavy (non-hydrogen) atoms. The molecule has 1 unspecified atom stereocenters. The predicted octanol–water partition coefficient (Wildman–Crippen LogP) is 1.39. The fraction of sp³-hybridized carbons (Fsp3) is 0.652. The second kappa shape index (κ2) is 11.3. The zero-order chi connectivity index (χ0) is 24.0. The van der Waals surface area contributed by atoms with Gasteiger partial charge in [0.05, 0.1) is 5.56 Å². The van der Waals surface area contributed by atoms with Crippen molar-refractivity contribution in [3.8, 4) is 0 Å². The number of piperidine rings is 1. The maximum Gasteiger partial charge on any atom is 0.451 e. The molecule has 0 spiro atoms. The van der Waals surface area contributed by atoms with Crippen molar-refractivity contribution in [1.82, 2.24) is 5.32 Å². The summed E-state index contributed by atoms with van der Waals surface area (Å²) >= 11 is 0. The standard InChI is InChI=1S/C23H36BN3O6/c25-23(22(30)31,9-1-2-10-24(32)33)18-13-19(14-18)26-15-16-7-11-27(12-8-16)20-5-3-17(4-6-20)21(28)29/h3-6,16,18-19,26,32-33H,1-2,7-15,25H2,(H,28,29)(H,30,31). The third-order valence-electron chi connectivity index (χ3n) is 7.36. The van der Waals surface area contributed by atoms with Gasteiger partial charge >= 0.3 is 19.1 Å². The number of carboxylic acids is 2. The minimum atomic E-state index is -1.36. The molecule has 7 N–H and O–H groups in total. The summed E-state index contributed by atoms with van der Waals surface area (Å²) in [6.07, 6.45) is 5.29. The van der Waals surface area contributed by atoms with Crippen LogP contribution in [0.3, 0.4) is 0 Å². The van der Waals surface area contributed by atoms with Crippen LogP contribution in [0.1, 0.15) is 55.3 Å². The third kappa shape index (κ3) is 6.69. The smallest absolute Gasteiger partial charge is 0.451 e. The summed E-state index contributed by atoms with van der Waals surface area (Å²) in [5.74, 6) is -1.40. The van der Waals surface area contributed by atoms with E-state index in [0.29, 0.717) is 30.7 Å². The number of carbonyl (C=O) groups is 2. The number of hydrogen-bond acceptors (Lipinski definition) is 7. The molecule has 1 aliphatic carbocycles. The van der Waals surface area contributed by atoms with E-state index in [2.05, 4.69) is 10.2 Å². The van der Waals surface area contributed by atoms with Crippen LogP contribution in [-0.2, 0) is 4.79 Å². The van der Waals surface area contributed by atoms with Crippen LogP contribution in [0.2, 0.25) is 6.32 Å². The Hall–Kier alpha value is -2.14. The van der Waals surface area contributed by atoms with E-state index >= 15 is 0 Å². The van der Waals surface area contributed by atoms with E-state index in [1.165, 1.54) is 0 Å². The first-order valence-electron chi connectivity index (χ1n) is 11.9. The van der Waals surface area contributed by atoms with Gasteiger partial charge < -0.3 is 36.2 Å². The van der Waals surface area contributed by atoms with Crippen molar-refractivity contribution in [2.45, 2.75) is 62.8 Å². The quantitative estimate of drug-likeness (QED) is 0.200. The maximum atomic E-state index is 11.8. The van der Waals surface area contributed by atoms with Crippen LogP contribution in [0, 0.1) is 11.8 Å². The van der Waals surface area contributed by atoms with Gasteiger partial charge in [-0.1, -0.05) is 12.8 Å². The largest absolute Gasteiger partial charge is 0.480 e. The number of nitrogens with zero attached hydrogens (tertiary/aromatic N) is 1. The van der Waals surface area contributed by atoms with Gasteiger partial charge in [-0.2, -0.15) is 0 Å². The van der Waals surface area contributed by atoms with E-state index in [0.717, 1.165) is 51.0 Å². The molecule has 182 valence electrons. The van der Waals surface area contributed by atoms with Gasteiger partial charge in [0.2, 0.25) is 0 Å². The van der Waals surface area contributed by atoms with E-state index < -0.39 is 24.6 Å². The van der Waals surface area contributed by atoms with Gasteiger partial charge in [-0.15, -0.1) is 0 Å². The number of carboxylic acid groups (broad SMARTS) is 2. The monoisotopic (exact) mass is 461 g/mol. The first-order valence-corrected chi connectivity index (χ1v) is 11.9. The summed E-state index contributed by atoms with van der Waals surface area (Å²) in [5, 5.41) is 40.2. The van der Waals surface area contributed by atoms with Gasteiger partial charge in [0.25, 0.3) is 0 Å². The van der Waals surface area contributed by atoms with Crippen molar-refractivity contribution in [3.63, 3.8) is 0 Å². The topological polar surface area (TPSA) is 156 Å².